The second-order valence-electron chi connectivity index (χ2n) is 6.50. The number of nitrogens with zero attached hydrogens (tertiary/aromatic N) is 2. The van der Waals surface area contributed by atoms with Crippen LogP contribution in [0.25, 0.3) is 0 Å². The number of piperidine rings is 1. The lowest BCUT2D eigenvalue weighted by Crippen LogP contribution is -2.50. The number of halogens is 1. The Kier molecular flexibility index (Phi) is 5.91. The van der Waals surface area contributed by atoms with Crippen molar-refractivity contribution in [2.24, 2.45) is 5.92 Å². The molecule has 2 aliphatic rings. The van der Waals surface area contributed by atoms with E-state index in [0.717, 1.165) is 22.9 Å². The fourth-order valence-corrected chi connectivity index (χ4v) is 3.84. The number of likely N-dealkylation sites (tertiary alicyclic amines) is 1. The van der Waals surface area contributed by atoms with Crippen molar-refractivity contribution in [2.45, 2.75) is 18.9 Å². The molecular formula is C19H23BrN2O3. The highest BCUT2D eigenvalue weighted by molar-refractivity contribution is 9.10. The minimum atomic E-state index is -0.145. The molecule has 1 aromatic carbocycles. The number of benzene rings is 1. The van der Waals surface area contributed by atoms with Gasteiger partial charge in [-0.25, -0.2) is 0 Å². The van der Waals surface area contributed by atoms with Gasteiger partial charge in [0.1, 0.15) is 0 Å². The first-order valence-corrected chi connectivity index (χ1v) is 9.44. The van der Waals surface area contributed by atoms with Crippen LogP contribution in [0.1, 0.15) is 24.4 Å². The van der Waals surface area contributed by atoms with Crippen molar-refractivity contribution in [3.05, 3.63) is 47.0 Å². The van der Waals surface area contributed by atoms with Crippen LogP contribution in [0.5, 0.6) is 0 Å². The van der Waals surface area contributed by atoms with Gasteiger partial charge in [-0.05, 0) is 36.6 Å². The molecule has 2 heterocycles. The molecule has 2 aliphatic heterocycles. The third-order valence-corrected chi connectivity index (χ3v) is 5.45. The highest BCUT2D eigenvalue weighted by atomic mass is 79.9. The number of morpholine rings is 1. The number of hydrogen-bond acceptors (Lipinski definition) is 3. The highest BCUT2D eigenvalue weighted by Crippen LogP contribution is 2.29. The number of rotatable bonds is 3. The Bertz CT molecular complexity index is 647. The molecular weight excluding hydrogens is 384 g/mol. The van der Waals surface area contributed by atoms with Crippen LogP contribution in [0.3, 0.4) is 0 Å². The molecule has 6 heteroatoms. The second kappa shape index (κ2) is 8.15. The SMILES string of the molecule is C=CC(=O)N1CCCC(C(=O)N2CCOCC2c2ccc(Br)cc2)C1. The maximum Gasteiger partial charge on any atom is 0.245 e. The van der Waals surface area contributed by atoms with Crippen LogP contribution in [0, 0.1) is 5.92 Å². The van der Waals surface area contributed by atoms with Crippen molar-refractivity contribution in [2.75, 3.05) is 32.8 Å². The summed E-state index contributed by atoms with van der Waals surface area (Å²) >= 11 is 3.45. The summed E-state index contributed by atoms with van der Waals surface area (Å²) in [5.74, 6) is -0.115. The van der Waals surface area contributed by atoms with E-state index in [1.165, 1.54) is 6.08 Å². The smallest absolute Gasteiger partial charge is 0.245 e. The summed E-state index contributed by atoms with van der Waals surface area (Å²) in [6.07, 6.45) is 3.00. The molecule has 2 unspecified atom stereocenters. The molecule has 2 amide bonds. The fraction of sp³-hybridized carbons (Fsp3) is 0.474. The molecule has 25 heavy (non-hydrogen) atoms. The quantitative estimate of drug-likeness (QED) is 0.725. The molecule has 0 aliphatic carbocycles. The summed E-state index contributed by atoms with van der Waals surface area (Å²) < 4.78 is 6.64. The van der Waals surface area contributed by atoms with Gasteiger partial charge in [-0.15, -0.1) is 0 Å². The topological polar surface area (TPSA) is 49.9 Å². The molecule has 0 aromatic heterocycles. The molecule has 2 saturated heterocycles. The molecule has 134 valence electrons. The van der Waals surface area contributed by atoms with E-state index in [2.05, 4.69) is 22.5 Å². The lowest BCUT2D eigenvalue weighted by atomic mass is 9.94. The molecule has 3 rings (SSSR count). The monoisotopic (exact) mass is 406 g/mol. The van der Waals surface area contributed by atoms with E-state index in [0.29, 0.717) is 32.8 Å². The first-order chi connectivity index (χ1) is 12.1. The summed E-state index contributed by atoms with van der Waals surface area (Å²) in [5, 5.41) is 0. The van der Waals surface area contributed by atoms with Crippen LogP contribution in [-0.2, 0) is 14.3 Å². The first-order valence-electron chi connectivity index (χ1n) is 8.65. The van der Waals surface area contributed by atoms with Crippen molar-refractivity contribution in [3.8, 4) is 0 Å². The van der Waals surface area contributed by atoms with Gasteiger partial charge in [-0.2, -0.15) is 0 Å². The summed E-state index contributed by atoms with van der Waals surface area (Å²) in [6, 6.07) is 7.95. The van der Waals surface area contributed by atoms with Gasteiger partial charge in [-0.1, -0.05) is 34.6 Å². The van der Waals surface area contributed by atoms with Gasteiger partial charge in [0.15, 0.2) is 0 Å². The maximum absolute atomic E-state index is 13.2. The lowest BCUT2D eigenvalue weighted by molar-refractivity contribution is -0.147. The fourth-order valence-electron chi connectivity index (χ4n) is 3.57. The van der Waals surface area contributed by atoms with Gasteiger partial charge in [-0.3, -0.25) is 9.59 Å². The first kappa shape index (κ1) is 18.1. The van der Waals surface area contributed by atoms with Crippen molar-refractivity contribution >= 4 is 27.7 Å². The van der Waals surface area contributed by atoms with Gasteiger partial charge < -0.3 is 14.5 Å². The van der Waals surface area contributed by atoms with Crippen LogP contribution in [0.4, 0.5) is 0 Å². The van der Waals surface area contributed by atoms with Gasteiger partial charge >= 0.3 is 0 Å². The number of amides is 2. The Morgan fingerprint density at radius 2 is 2.00 bits per heavy atom. The van der Waals surface area contributed by atoms with Crippen molar-refractivity contribution in [1.82, 2.24) is 9.80 Å². The van der Waals surface area contributed by atoms with E-state index in [9.17, 15) is 9.59 Å². The number of ether oxygens (including phenoxy) is 1. The minimum absolute atomic E-state index is 0.0696. The van der Waals surface area contributed by atoms with Gasteiger partial charge in [0.25, 0.3) is 0 Å². The van der Waals surface area contributed by atoms with E-state index in [-0.39, 0.29) is 23.8 Å². The van der Waals surface area contributed by atoms with E-state index >= 15 is 0 Å². The molecule has 1 aromatic rings. The third-order valence-electron chi connectivity index (χ3n) is 4.92. The number of carbonyl (C=O) groups is 2. The van der Waals surface area contributed by atoms with Crippen LogP contribution >= 0.6 is 15.9 Å². The summed E-state index contributed by atoms with van der Waals surface area (Å²) in [7, 11) is 0. The molecule has 2 fully saturated rings. The second-order valence-corrected chi connectivity index (χ2v) is 7.42. The van der Waals surface area contributed by atoms with Crippen molar-refractivity contribution in [3.63, 3.8) is 0 Å². The molecule has 0 radical (unpaired) electrons. The normalized spacial score (nSPS) is 24.0. The Morgan fingerprint density at radius 3 is 2.72 bits per heavy atom. The zero-order valence-corrected chi connectivity index (χ0v) is 15.8. The molecule has 0 bridgehead atoms. The summed E-state index contributed by atoms with van der Waals surface area (Å²) in [6.45, 7) is 6.38. The average molecular weight is 407 g/mol. The summed E-state index contributed by atoms with van der Waals surface area (Å²) in [5.41, 5.74) is 1.08. The predicted octanol–water partition coefficient (Wildman–Crippen LogP) is 2.77. The lowest BCUT2D eigenvalue weighted by Gasteiger charge is -2.40. The van der Waals surface area contributed by atoms with Crippen molar-refractivity contribution < 1.29 is 14.3 Å². The summed E-state index contributed by atoms with van der Waals surface area (Å²) in [4.78, 5) is 28.7. The predicted molar refractivity (Wildman–Crippen MR) is 98.9 cm³/mol. The van der Waals surface area contributed by atoms with E-state index in [4.69, 9.17) is 4.74 Å². The van der Waals surface area contributed by atoms with Gasteiger partial charge in [0.2, 0.25) is 11.8 Å². The van der Waals surface area contributed by atoms with E-state index < -0.39 is 0 Å². The Hall–Kier alpha value is -1.66. The van der Waals surface area contributed by atoms with Crippen LogP contribution in [0.15, 0.2) is 41.4 Å². The third kappa shape index (κ3) is 4.12. The van der Waals surface area contributed by atoms with Crippen LogP contribution < -0.4 is 0 Å². The van der Waals surface area contributed by atoms with Crippen molar-refractivity contribution in [1.29, 1.82) is 0 Å². The Labute approximate surface area is 156 Å². The Morgan fingerprint density at radius 1 is 1.24 bits per heavy atom. The zero-order valence-electron chi connectivity index (χ0n) is 14.2. The highest BCUT2D eigenvalue weighted by Gasteiger charge is 2.35. The Balaban J connectivity index is 1.75. The minimum Gasteiger partial charge on any atom is -0.377 e. The maximum atomic E-state index is 13.2. The average Bonchev–Trinajstić information content (AvgIpc) is 2.67. The molecule has 0 saturated carbocycles. The van der Waals surface area contributed by atoms with Gasteiger partial charge in [0.05, 0.1) is 25.2 Å². The number of hydrogen-bond donors (Lipinski definition) is 0. The number of carbonyl (C=O) groups excluding carboxylic acids is 2. The van der Waals surface area contributed by atoms with Crippen LogP contribution in [-0.4, -0.2) is 54.5 Å². The molecule has 2 atom stereocenters. The zero-order chi connectivity index (χ0) is 17.8. The molecule has 0 N–H and O–H groups in total. The largest absolute Gasteiger partial charge is 0.377 e. The molecule has 0 spiro atoms. The van der Waals surface area contributed by atoms with E-state index in [1.54, 1.807) is 4.90 Å². The van der Waals surface area contributed by atoms with Crippen LogP contribution in [0.2, 0.25) is 0 Å². The standard InChI is InChI=1S/C19H23BrN2O3/c1-2-18(23)21-9-3-4-15(12-21)19(24)22-10-11-25-13-17(22)14-5-7-16(20)8-6-14/h2,5-8,15,17H,1,3-4,9-13H2. The van der Waals surface area contributed by atoms with Gasteiger partial charge in [0, 0.05) is 24.1 Å². The molecule has 5 nitrogen and oxygen atoms in total. The van der Waals surface area contributed by atoms with E-state index in [1.807, 2.05) is 29.2 Å².